The second-order valence-corrected chi connectivity index (χ2v) is 5.73. The van der Waals surface area contributed by atoms with E-state index in [1.807, 2.05) is 0 Å². The summed E-state index contributed by atoms with van der Waals surface area (Å²) in [6, 6.07) is 1.03. The van der Waals surface area contributed by atoms with Crippen molar-refractivity contribution in [2.45, 2.75) is 31.3 Å². The Balaban J connectivity index is 1.45. The van der Waals surface area contributed by atoms with Crippen molar-refractivity contribution in [1.29, 1.82) is 0 Å². The number of rotatable bonds is 3. The van der Waals surface area contributed by atoms with Crippen LogP contribution < -0.4 is 10.6 Å². The molecule has 0 aromatic carbocycles. The zero-order chi connectivity index (χ0) is 12.4. The van der Waals surface area contributed by atoms with Crippen LogP contribution in [0.1, 0.15) is 19.3 Å². The highest BCUT2D eigenvalue weighted by atomic mass is 16.2. The molecule has 0 radical (unpaired) electrons. The van der Waals surface area contributed by atoms with Gasteiger partial charge < -0.3 is 10.6 Å². The van der Waals surface area contributed by atoms with Gasteiger partial charge in [0.2, 0.25) is 5.91 Å². The molecule has 3 aliphatic rings. The molecule has 0 aromatic rings. The molecule has 102 valence electrons. The first kappa shape index (κ1) is 12.4. The first-order valence-electron chi connectivity index (χ1n) is 7.29. The zero-order valence-electron chi connectivity index (χ0n) is 11.0. The van der Waals surface area contributed by atoms with Crippen molar-refractivity contribution in [2.75, 3.05) is 45.8 Å². The lowest BCUT2D eigenvalue weighted by Crippen LogP contribution is -2.50. The van der Waals surface area contributed by atoms with Gasteiger partial charge in [0.05, 0.1) is 6.54 Å². The van der Waals surface area contributed by atoms with Gasteiger partial charge in [0.25, 0.3) is 0 Å². The molecule has 3 aliphatic heterocycles. The van der Waals surface area contributed by atoms with E-state index in [0.717, 1.165) is 32.6 Å². The van der Waals surface area contributed by atoms with Crippen molar-refractivity contribution in [3.05, 3.63) is 0 Å². The Morgan fingerprint density at radius 3 is 2.83 bits per heavy atom. The summed E-state index contributed by atoms with van der Waals surface area (Å²) in [5.74, 6) is 0.218. The maximum absolute atomic E-state index is 12.1. The molecular weight excluding hydrogens is 228 g/mol. The average Bonchev–Trinajstić information content (AvgIpc) is 2.95. The van der Waals surface area contributed by atoms with Gasteiger partial charge in [-0.2, -0.15) is 0 Å². The van der Waals surface area contributed by atoms with Crippen LogP contribution in [0.2, 0.25) is 0 Å². The number of fused-ring (bicyclic) bond motifs is 1. The predicted octanol–water partition coefficient (Wildman–Crippen LogP) is -0.755. The van der Waals surface area contributed by atoms with Gasteiger partial charge in [-0.3, -0.25) is 14.6 Å². The van der Waals surface area contributed by atoms with E-state index in [1.165, 1.54) is 25.9 Å². The standard InChI is InChI=1S/C13H24N4O/c18-13(10-16-8-4-14-5-9-16)15-11-3-7-17-6-1-2-12(11)17/h11-12,14H,1-10H2,(H,15,18). The first-order chi connectivity index (χ1) is 8.83. The normalized spacial score (nSPS) is 33.6. The highest BCUT2D eigenvalue weighted by Crippen LogP contribution is 2.27. The summed E-state index contributed by atoms with van der Waals surface area (Å²) in [7, 11) is 0. The predicted molar refractivity (Wildman–Crippen MR) is 70.5 cm³/mol. The SMILES string of the molecule is O=C(CN1CCNCC1)NC1CCN2CCCC12. The Bertz CT molecular complexity index is 303. The summed E-state index contributed by atoms with van der Waals surface area (Å²) < 4.78 is 0. The molecule has 0 bridgehead atoms. The summed E-state index contributed by atoms with van der Waals surface area (Å²) in [4.78, 5) is 16.8. The fraction of sp³-hybridized carbons (Fsp3) is 0.923. The molecule has 0 spiro atoms. The molecule has 3 rings (SSSR count). The maximum atomic E-state index is 12.1. The fourth-order valence-electron chi connectivity index (χ4n) is 3.58. The van der Waals surface area contributed by atoms with E-state index < -0.39 is 0 Å². The van der Waals surface area contributed by atoms with Crippen LogP contribution in [0.25, 0.3) is 0 Å². The first-order valence-corrected chi connectivity index (χ1v) is 7.29. The minimum atomic E-state index is 0.218. The van der Waals surface area contributed by atoms with E-state index in [0.29, 0.717) is 18.6 Å². The molecule has 5 heteroatoms. The van der Waals surface area contributed by atoms with Crippen LogP contribution in [0.5, 0.6) is 0 Å². The Morgan fingerprint density at radius 2 is 2.00 bits per heavy atom. The molecule has 0 aliphatic carbocycles. The highest BCUT2D eigenvalue weighted by Gasteiger charge is 2.37. The monoisotopic (exact) mass is 252 g/mol. The van der Waals surface area contributed by atoms with Crippen LogP contribution in [0.3, 0.4) is 0 Å². The molecule has 0 aromatic heterocycles. The molecule has 3 fully saturated rings. The number of nitrogens with one attached hydrogen (secondary N) is 2. The fourth-order valence-corrected chi connectivity index (χ4v) is 3.58. The molecule has 1 amide bonds. The Morgan fingerprint density at radius 1 is 1.17 bits per heavy atom. The minimum Gasteiger partial charge on any atom is -0.351 e. The van der Waals surface area contributed by atoms with Gasteiger partial charge in [0.1, 0.15) is 0 Å². The van der Waals surface area contributed by atoms with E-state index in [1.54, 1.807) is 0 Å². The average molecular weight is 252 g/mol. The largest absolute Gasteiger partial charge is 0.351 e. The third-order valence-corrected chi connectivity index (χ3v) is 4.53. The molecule has 2 N–H and O–H groups in total. The van der Waals surface area contributed by atoms with E-state index in [9.17, 15) is 4.79 Å². The maximum Gasteiger partial charge on any atom is 0.234 e. The number of carbonyl (C=O) groups is 1. The van der Waals surface area contributed by atoms with Gasteiger partial charge in [-0.05, 0) is 25.8 Å². The third kappa shape index (κ3) is 2.68. The Hall–Kier alpha value is -0.650. The van der Waals surface area contributed by atoms with Crippen molar-refractivity contribution >= 4 is 5.91 Å². The molecule has 0 saturated carbocycles. The summed E-state index contributed by atoms with van der Waals surface area (Å²) in [5.41, 5.74) is 0. The van der Waals surface area contributed by atoms with Gasteiger partial charge in [0.15, 0.2) is 0 Å². The number of hydrogen-bond acceptors (Lipinski definition) is 4. The van der Waals surface area contributed by atoms with Crippen molar-refractivity contribution in [3.8, 4) is 0 Å². The lowest BCUT2D eigenvalue weighted by molar-refractivity contribution is -0.123. The Labute approximate surface area is 109 Å². The van der Waals surface area contributed by atoms with Gasteiger partial charge in [-0.25, -0.2) is 0 Å². The minimum absolute atomic E-state index is 0.218. The number of carbonyl (C=O) groups excluding carboxylic acids is 1. The smallest absolute Gasteiger partial charge is 0.234 e. The third-order valence-electron chi connectivity index (χ3n) is 4.53. The number of piperazine rings is 1. The van der Waals surface area contributed by atoms with E-state index in [-0.39, 0.29) is 5.91 Å². The number of nitrogens with zero attached hydrogens (tertiary/aromatic N) is 2. The molecule has 3 saturated heterocycles. The number of amides is 1. The van der Waals surface area contributed by atoms with Crippen LogP contribution in [0.15, 0.2) is 0 Å². The second-order valence-electron chi connectivity index (χ2n) is 5.73. The van der Waals surface area contributed by atoms with Crippen molar-refractivity contribution in [1.82, 2.24) is 20.4 Å². The van der Waals surface area contributed by atoms with Crippen LogP contribution in [0, 0.1) is 0 Å². The summed E-state index contributed by atoms with van der Waals surface area (Å²) in [6.45, 7) is 6.98. The molecule has 18 heavy (non-hydrogen) atoms. The highest BCUT2D eigenvalue weighted by molar-refractivity contribution is 5.78. The van der Waals surface area contributed by atoms with Gasteiger partial charge in [0, 0.05) is 44.8 Å². The van der Waals surface area contributed by atoms with Crippen molar-refractivity contribution < 1.29 is 4.79 Å². The lowest BCUT2D eigenvalue weighted by Gasteiger charge is -2.28. The van der Waals surface area contributed by atoms with Crippen molar-refractivity contribution in [3.63, 3.8) is 0 Å². The van der Waals surface area contributed by atoms with Crippen LogP contribution in [0.4, 0.5) is 0 Å². The lowest BCUT2D eigenvalue weighted by atomic mass is 10.1. The number of hydrogen-bond donors (Lipinski definition) is 2. The summed E-state index contributed by atoms with van der Waals surface area (Å²) >= 11 is 0. The molecule has 3 heterocycles. The zero-order valence-corrected chi connectivity index (χ0v) is 11.0. The molecule has 2 unspecified atom stereocenters. The van der Waals surface area contributed by atoms with Gasteiger partial charge in [-0.15, -0.1) is 0 Å². The van der Waals surface area contributed by atoms with Crippen LogP contribution in [-0.2, 0) is 4.79 Å². The van der Waals surface area contributed by atoms with E-state index >= 15 is 0 Å². The van der Waals surface area contributed by atoms with Crippen LogP contribution in [-0.4, -0.2) is 73.6 Å². The van der Waals surface area contributed by atoms with Gasteiger partial charge >= 0.3 is 0 Å². The van der Waals surface area contributed by atoms with E-state index in [2.05, 4.69) is 20.4 Å². The van der Waals surface area contributed by atoms with Crippen LogP contribution >= 0.6 is 0 Å². The van der Waals surface area contributed by atoms with E-state index in [4.69, 9.17) is 0 Å². The van der Waals surface area contributed by atoms with Crippen molar-refractivity contribution in [2.24, 2.45) is 0 Å². The summed E-state index contributed by atoms with van der Waals surface area (Å²) in [5, 5.41) is 6.57. The quantitative estimate of drug-likeness (QED) is 0.693. The Kier molecular flexibility index (Phi) is 3.82. The summed E-state index contributed by atoms with van der Waals surface area (Å²) in [6.07, 6.45) is 3.70. The topological polar surface area (TPSA) is 47.6 Å². The van der Waals surface area contributed by atoms with Gasteiger partial charge in [-0.1, -0.05) is 0 Å². The molecular formula is C13H24N4O. The molecule has 2 atom stereocenters. The second kappa shape index (κ2) is 5.55. The molecule has 5 nitrogen and oxygen atoms in total.